The quantitative estimate of drug-likeness (QED) is 0.237. The molecule has 0 atom stereocenters. The van der Waals surface area contributed by atoms with Gasteiger partial charge in [-0.3, -0.25) is 14.4 Å². The van der Waals surface area contributed by atoms with Gasteiger partial charge in [0.2, 0.25) is 12.3 Å². The van der Waals surface area contributed by atoms with E-state index in [2.05, 4.69) is 10.1 Å². The zero-order chi connectivity index (χ0) is 26.6. The summed E-state index contributed by atoms with van der Waals surface area (Å²) in [7, 11) is 20.3. The molecule has 12 heteroatoms. The highest BCUT2D eigenvalue weighted by Crippen LogP contribution is 2.31. The van der Waals surface area contributed by atoms with Gasteiger partial charge >= 0.3 is 0 Å². The number of rotatable bonds is 11. The van der Waals surface area contributed by atoms with Crippen LogP contribution >= 0.6 is 0 Å². The molecule has 0 fully saturated rings. The van der Waals surface area contributed by atoms with E-state index in [0.717, 1.165) is 22.2 Å². The van der Waals surface area contributed by atoms with Gasteiger partial charge < -0.3 is 14.4 Å². The number of aryl methyl sites for hydroxylation is 1. The van der Waals surface area contributed by atoms with Gasteiger partial charge in [0.15, 0.2) is 0 Å². The maximum Gasteiger partial charge on any atom is 0.219 e. The summed E-state index contributed by atoms with van der Waals surface area (Å²) < 4.78 is 25.1. The predicted molar refractivity (Wildman–Crippen MR) is 144 cm³/mol. The summed E-state index contributed by atoms with van der Waals surface area (Å²) >= 11 is 0. The molecule has 1 amide bonds. The fourth-order valence-corrected chi connectivity index (χ4v) is 3.85. The van der Waals surface area contributed by atoms with Gasteiger partial charge in [0.05, 0.1) is 11.2 Å². The van der Waals surface area contributed by atoms with Crippen LogP contribution in [0.25, 0.3) is 10.9 Å². The lowest BCUT2D eigenvalue weighted by Gasteiger charge is -2.26. The lowest BCUT2D eigenvalue weighted by atomic mass is 9.52. The predicted octanol–water partition coefficient (Wildman–Crippen LogP) is 2.74. The minimum absolute atomic E-state index is 0.150. The fraction of sp³-hybridized carbons (Fsp3) is 0.240. The number of carbonyl (C=O) groups excluding carboxylic acids is 1. The SMILES string of the molecule is [B]C([B])([B])Oc1ccc(N(C=O)c2nc(OCCF)ccc2CN(C)c2ccc3nn(C)cc3c2)cc1. The van der Waals surface area contributed by atoms with Crippen LogP contribution in [0.5, 0.6) is 11.6 Å². The van der Waals surface area contributed by atoms with Crippen LogP contribution in [0.1, 0.15) is 5.56 Å². The van der Waals surface area contributed by atoms with Crippen molar-refractivity contribution in [1.29, 1.82) is 0 Å². The van der Waals surface area contributed by atoms with E-state index >= 15 is 0 Å². The van der Waals surface area contributed by atoms with Gasteiger partial charge in [-0.1, -0.05) is 0 Å². The number of hydrogen-bond acceptors (Lipinski definition) is 6. The van der Waals surface area contributed by atoms with Crippen molar-refractivity contribution in [2.24, 2.45) is 7.05 Å². The molecule has 2 heterocycles. The summed E-state index contributed by atoms with van der Waals surface area (Å²) in [6, 6.07) is 15.8. The Balaban J connectivity index is 1.66. The Morgan fingerprint density at radius 1 is 1.08 bits per heavy atom. The highest BCUT2D eigenvalue weighted by atomic mass is 19.1. The van der Waals surface area contributed by atoms with Crippen LogP contribution in [0.2, 0.25) is 0 Å². The van der Waals surface area contributed by atoms with Crippen molar-refractivity contribution >= 4 is 58.0 Å². The molecular weight excluding hydrogens is 470 g/mol. The number of anilines is 3. The van der Waals surface area contributed by atoms with E-state index in [1.54, 1.807) is 41.1 Å². The van der Waals surface area contributed by atoms with Crippen molar-refractivity contribution in [2.75, 3.05) is 30.1 Å². The number of halogens is 1. The third-order valence-corrected chi connectivity index (χ3v) is 5.45. The van der Waals surface area contributed by atoms with Crippen molar-refractivity contribution in [3.63, 3.8) is 0 Å². The number of carbonyl (C=O) groups is 1. The van der Waals surface area contributed by atoms with E-state index in [1.807, 2.05) is 43.4 Å². The first kappa shape index (κ1) is 26.1. The standard InChI is InChI=1S/C25H23B3FN5O3/c1-32(20-6-9-22-18(13-20)15-33(2)31-22)14-17-3-10-23(36-12-11-29)30-24(17)34(16-35)19-4-7-21(8-5-19)37-25(26,27)28/h3-10,13,15-16H,11-12,14H2,1-2H3. The van der Waals surface area contributed by atoms with Gasteiger partial charge in [0.1, 0.15) is 48.4 Å². The van der Waals surface area contributed by atoms with Crippen LogP contribution in [-0.2, 0) is 18.4 Å². The Hall–Kier alpha value is -3.95. The Morgan fingerprint density at radius 3 is 2.49 bits per heavy atom. The van der Waals surface area contributed by atoms with E-state index in [9.17, 15) is 9.18 Å². The average Bonchev–Trinajstić information content (AvgIpc) is 3.23. The number of pyridine rings is 1. The number of aromatic nitrogens is 3. The number of alkyl halides is 1. The highest BCUT2D eigenvalue weighted by Gasteiger charge is 2.19. The zero-order valence-electron chi connectivity index (χ0n) is 20.5. The van der Waals surface area contributed by atoms with Gasteiger partial charge in [0, 0.05) is 49.5 Å². The number of fused-ring (bicyclic) bond motifs is 1. The zero-order valence-corrected chi connectivity index (χ0v) is 20.5. The average molecular weight is 493 g/mol. The van der Waals surface area contributed by atoms with E-state index < -0.39 is 12.0 Å². The van der Waals surface area contributed by atoms with E-state index in [0.29, 0.717) is 30.2 Å². The van der Waals surface area contributed by atoms with Crippen LogP contribution in [0.4, 0.5) is 21.6 Å². The van der Waals surface area contributed by atoms with Gasteiger partial charge in [0.25, 0.3) is 0 Å². The Labute approximate surface area is 218 Å². The summed E-state index contributed by atoms with van der Waals surface area (Å²) in [5.74, 6) is 0.850. The monoisotopic (exact) mass is 493 g/mol. The molecule has 0 aliphatic rings. The molecule has 0 saturated carbocycles. The second-order valence-corrected chi connectivity index (χ2v) is 8.50. The van der Waals surface area contributed by atoms with Crippen molar-refractivity contribution in [2.45, 2.75) is 11.8 Å². The van der Waals surface area contributed by atoms with E-state index in [-0.39, 0.29) is 12.5 Å². The topological polar surface area (TPSA) is 72.7 Å². The molecule has 4 rings (SSSR count). The Kier molecular flexibility index (Phi) is 7.76. The molecular formula is C25H23B3FN5O3. The summed E-state index contributed by atoms with van der Waals surface area (Å²) in [4.78, 5) is 20.2. The molecule has 0 N–H and O–H groups in total. The number of hydrogen-bond donors (Lipinski definition) is 0. The van der Waals surface area contributed by atoms with Crippen molar-refractivity contribution in [3.05, 3.63) is 66.4 Å². The molecule has 182 valence electrons. The normalized spacial score (nSPS) is 11.3. The third-order valence-electron chi connectivity index (χ3n) is 5.45. The summed E-state index contributed by atoms with van der Waals surface area (Å²) in [5, 5.41) is 3.58. The van der Waals surface area contributed by atoms with Crippen LogP contribution in [0.15, 0.2) is 60.8 Å². The molecule has 2 aromatic heterocycles. The first-order chi connectivity index (χ1) is 17.7. The smallest absolute Gasteiger partial charge is 0.219 e. The van der Waals surface area contributed by atoms with E-state index in [4.69, 9.17) is 33.0 Å². The molecule has 8 nitrogen and oxygen atoms in total. The van der Waals surface area contributed by atoms with Crippen LogP contribution in [0, 0.1) is 0 Å². The maximum atomic E-state index is 12.7. The molecule has 0 spiro atoms. The molecule has 0 aliphatic carbocycles. The van der Waals surface area contributed by atoms with Crippen molar-refractivity contribution in [3.8, 4) is 11.6 Å². The summed E-state index contributed by atoms with van der Waals surface area (Å²) in [5.41, 5.74) is 3.08. The molecule has 0 aliphatic heterocycles. The summed E-state index contributed by atoms with van der Waals surface area (Å²) in [6.07, 6.45) is 2.59. The second-order valence-electron chi connectivity index (χ2n) is 8.50. The van der Waals surface area contributed by atoms with Gasteiger partial charge in [-0.2, -0.15) is 10.1 Å². The Bertz CT molecular complexity index is 1380. The maximum absolute atomic E-state index is 12.7. The second kappa shape index (κ2) is 11.0. The molecule has 0 bridgehead atoms. The van der Waals surface area contributed by atoms with Gasteiger partial charge in [-0.25, -0.2) is 4.39 Å². The molecule has 4 aromatic rings. The molecule has 0 unspecified atom stereocenters. The molecule has 2 aromatic carbocycles. The molecule has 37 heavy (non-hydrogen) atoms. The van der Waals surface area contributed by atoms with Gasteiger partial charge in [-0.15, -0.1) is 0 Å². The van der Waals surface area contributed by atoms with Crippen molar-refractivity contribution < 1.29 is 18.7 Å². The van der Waals surface area contributed by atoms with Crippen LogP contribution in [-0.4, -0.2) is 70.3 Å². The lowest BCUT2D eigenvalue weighted by molar-refractivity contribution is -0.106. The lowest BCUT2D eigenvalue weighted by Crippen LogP contribution is -2.37. The van der Waals surface area contributed by atoms with Gasteiger partial charge in [-0.05, 0) is 53.8 Å². The van der Waals surface area contributed by atoms with Crippen LogP contribution < -0.4 is 19.3 Å². The fourth-order valence-electron chi connectivity index (χ4n) is 3.85. The number of nitrogens with zero attached hydrogens (tertiary/aromatic N) is 5. The number of amides is 1. The van der Waals surface area contributed by atoms with Crippen molar-refractivity contribution in [1.82, 2.24) is 14.8 Å². The minimum atomic E-state index is -1.84. The highest BCUT2D eigenvalue weighted by molar-refractivity contribution is 6.58. The van der Waals surface area contributed by atoms with Crippen LogP contribution in [0.3, 0.4) is 0 Å². The van der Waals surface area contributed by atoms with E-state index in [1.165, 1.54) is 4.90 Å². The number of ether oxygens (including phenoxy) is 2. The largest absolute Gasteiger partial charge is 0.516 e. The minimum Gasteiger partial charge on any atom is -0.516 e. The first-order valence-electron chi connectivity index (χ1n) is 11.4. The molecule has 6 radical (unpaired) electrons. The third kappa shape index (κ3) is 6.44. The molecule has 0 saturated heterocycles. The summed E-state index contributed by atoms with van der Waals surface area (Å²) in [6.45, 7) is -0.399. The Morgan fingerprint density at radius 2 is 1.81 bits per heavy atom. The first-order valence-corrected chi connectivity index (χ1v) is 11.4. The number of benzene rings is 2.